The van der Waals surface area contributed by atoms with Crippen molar-refractivity contribution in [2.24, 2.45) is 5.73 Å². The summed E-state index contributed by atoms with van der Waals surface area (Å²) in [5, 5.41) is 8.53. The molecule has 2 aromatic heterocycles. The van der Waals surface area contributed by atoms with Crippen LogP contribution in [0.4, 0.5) is 0 Å². The quantitative estimate of drug-likeness (QED) is 0.921. The summed E-state index contributed by atoms with van der Waals surface area (Å²) >= 11 is 5.84. The first-order valence-corrected chi connectivity index (χ1v) is 5.81. The molecule has 0 aliphatic carbocycles. The summed E-state index contributed by atoms with van der Waals surface area (Å²) in [7, 11) is 0. The van der Waals surface area contributed by atoms with Crippen molar-refractivity contribution >= 4 is 11.6 Å². The number of hydrogen-bond donors (Lipinski definition) is 1. The van der Waals surface area contributed by atoms with Gasteiger partial charge in [0.2, 0.25) is 5.88 Å². The first kappa shape index (κ1) is 12.7. The van der Waals surface area contributed by atoms with Gasteiger partial charge in [-0.15, -0.1) is 5.10 Å². The predicted molar refractivity (Wildman–Crippen MR) is 68.7 cm³/mol. The summed E-state index contributed by atoms with van der Waals surface area (Å²) in [6, 6.07) is 1.66. The molecule has 0 fully saturated rings. The number of nitrogens with two attached hydrogens (primary N) is 1. The number of hydrogen-bond acceptors (Lipinski definition) is 5. The molecule has 0 aliphatic heterocycles. The fourth-order valence-corrected chi connectivity index (χ4v) is 1.68. The normalized spacial score (nSPS) is 10.4. The zero-order valence-electron chi connectivity index (χ0n) is 10.1. The monoisotopic (exact) mass is 264 g/mol. The van der Waals surface area contributed by atoms with Crippen LogP contribution < -0.4 is 10.5 Å². The van der Waals surface area contributed by atoms with E-state index in [2.05, 4.69) is 15.2 Å². The minimum absolute atomic E-state index is 0.339. The van der Waals surface area contributed by atoms with E-state index in [1.807, 2.05) is 13.8 Å². The first-order chi connectivity index (χ1) is 8.61. The number of pyridine rings is 1. The minimum Gasteiger partial charge on any atom is -0.436 e. The van der Waals surface area contributed by atoms with E-state index in [0.717, 1.165) is 16.8 Å². The van der Waals surface area contributed by atoms with Gasteiger partial charge in [-0.05, 0) is 19.4 Å². The molecule has 0 bridgehead atoms. The summed E-state index contributed by atoms with van der Waals surface area (Å²) in [4.78, 5) is 3.94. The molecule has 94 valence electrons. The van der Waals surface area contributed by atoms with Crippen LogP contribution in [0.25, 0.3) is 0 Å². The van der Waals surface area contributed by atoms with Crippen molar-refractivity contribution < 1.29 is 4.74 Å². The Morgan fingerprint density at radius 1 is 1.28 bits per heavy atom. The molecular weight excluding hydrogens is 252 g/mol. The SMILES string of the molecule is Cc1nnc(Oc2cncc(Cl)c2)c(CN)c1C. The zero-order valence-corrected chi connectivity index (χ0v) is 10.9. The van der Waals surface area contributed by atoms with Gasteiger partial charge in [0.1, 0.15) is 5.75 Å². The second-order valence-electron chi connectivity index (χ2n) is 3.84. The summed E-state index contributed by atoms with van der Waals surface area (Å²) in [5.74, 6) is 0.902. The molecule has 0 aliphatic rings. The molecule has 0 spiro atoms. The van der Waals surface area contributed by atoms with Gasteiger partial charge in [-0.25, -0.2) is 0 Å². The smallest absolute Gasteiger partial charge is 0.243 e. The van der Waals surface area contributed by atoms with Crippen LogP contribution in [-0.4, -0.2) is 15.2 Å². The van der Waals surface area contributed by atoms with Crippen LogP contribution in [0.3, 0.4) is 0 Å². The number of halogens is 1. The Balaban J connectivity index is 2.37. The largest absolute Gasteiger partial charge is 0.436 e. The van der Waals surface area contributed by atoms with Crippen LogP contribution in [-0.2, 0) is 6.54 Å². The summed E-state index contributed by atoms with van der Waals surface area (Å²) in [5.41, 5.74) is 8.37. The molecule has 0 saturated carbocycles. The van der Waals surface area contributed by atoms with Crippen molar-refractivity contribution in [1.29, 1.82) is 0 Å². The average molecular weight is 265 g/mol. The third-order valence-corrected chi connectivity index (χ3v) is 2.85. The van der Waals surface area contributed by atoms with Crippen LogP contribution in [0.1, 0.15) is 16.8 Å². The van der Waals surface area contributed by atoms with E-state index in [4.69, 9.17) is 22.1 Å². The molecule has 5 nitrogen and oxygen atoms in total. The molecule has 2 rings (SSSR count). The first-order valence-electron chi connectivity index (χ1n) is 5.43. The second kappa shape index (κ2) is 5.29. The Morgan fingerprint density at radius 3 is 2.72 bits per heavy atom. The Morgan fingerprint density at radius 2 is 2.06 bits per heavy atom. The van der Waals surface area contributed by atoms with E-state index in [9.17, 15) is 0 Å². The number of rotatable bonds is 3. The lowest BCUT2D eigenvalue weighted by atomic mass is 10.1. The lowest BCUT2D eigenvalue weighted by Crippen LogP contribution is -2.07. The van der Waals surface area contributed by atoms with Crippen LogP contribution >= 0.6 is 11.6 Å². The zero-order chi connectivity index (χ0) is 13.1. The molecule has 6 heteroatoms. The van der Waals surface area contributed by atoms with Gasteiger partial charge in [0, 0.05) is 24.4 Å². The van der Waals surface area contributed by atoms with Crippen molar-refractivity contribution in [3.63, 3.8) is 0 Å². The highest BCUT2D eigenvalue weighted by Crippen LogP contribution is 2.26. The molecule has 0 atom stereocenters. The summed E-state index contributed by atoms with van der Waals surface area (Å²) < 4.78 is 5.62. The average Bonchev–Trinajstić information content (AvgIpc) is 2.34. The van der Waals surface area contributed by atoms with Gasteiger partial charge in [-0.2, -0.15) is 5.10 Å². The lowest BCUT2D eigenvalue weighted by Gasteiger charge is -2.11. The Hall–Kier alpha value is -1.72. The third-order valence-electron chi connectivity index (χ3n) is 2.64. The van der Waals surface area contributed by atoms with Crippen LogP contribution in [0.5, 0.6) is 11.6 Å². The van der Waals surface area contributed by atoms with E-state index in [0.29, 0.717) is 23.2 Å². The highest BCUT2D eigenvalue weighted by atomic mass is 35.5. The maximum atomic E-state index is 5.84. The van der Waals surface area contributed by atoms with Crippen molar-refractivity contribution in [2.45, 2.75) is 20.4 Å². The predicted octanol–water partition coefficient (Wildman–Crippen LogP) is 2.39. The standard InChI is InChI=1S/C12H13ClN4O/c1-7-8(2)16-17-12(11(7)4-14)18-10-3-9(13)5-15-6-10/h3,5-6H,4,14H2,1-2H3. The van der Waals surface area contributed by atoms with Gasteiger partial charge in [0.25, 0.3) is 0 Å². The Kier molecular flexibility index (Phi) is 3.74. The van der Waals surface area contributed by atoms with Gasteiger partial charge >= 0.3 is 0 Å². The van der Waals surface area contributed by atoms with Gasteiger partial charge in [0.05, 0.1) is 16.9 Å². The van der Waals surface area contributed by atoms with Gasteiger partial charge < -0.3 is 10.5 Å². The van der Waals surface area contributed by atoms with E-state index in [1.165, 1.54) is 6.20 Å². The molecule has 0 amide bonds. The van der Waals surface area contributed by atoms with E-state index in [1.54, 1.807) is 12.3 Å². The molecule has 2 aromatic rings. The molecule has 0 saturated heterocycles. The van der Waals surface area contributed by atoms with Gasteiger partial charge in [-0.3, -0.25) is 4.98 Å². The maximum Gasteiger partial charge on any atom is 0.243 e. The molecule has 0 aromatic carbocycles. The molecule has 18 heavy (non-hydrogen) atoms. The van der Waals surface area contributed by atoms with E-state index < -0.39 is 0 Å². The Labute approximate surface area is 110 Å². The highest BCUT2D eigenvalue weighted by Gasteiger charge is 2.12. The summed E-state index contributed by atoms with van der Waals surface area (Å²) in [6.45, 7) is 4.16. The molecule has 0 unspecified atom stereocenters. The molecular formula is C12H13ClN4O. The van der Waals surface area contributed by atoms with Gasteiger partial charge in [-0.1, -0.05) is 11.6 Å². The third kappa shape index (κ3) is 2.57. The van der Waals surface area contributed by atoms with Crippen molar-refractivity contribution in [3.05, 3.63) is 40.3 Å². The maximum absolute atomic E-state index is 5.84. The summed E-state index contributed by atoms with van der Waals surface area (Å²) in [6.07, 6.45) is 3.09. The van der Waals surface area contributed by atoms with Crippen LogP contribution in [0, 0.1) is 13.8 Å². The minimum atomic E-state index is 0.339. The van der Waals surface area contributed by atoms with E-state index >= 15 is 0 Å². The second-order valence-corrected chi connectivity index (χ2v) is 4.28. The number of aryl methyl sites for hydroxylation is 1. The Bertz CT molecular complexity index is 574. The van der Waals surface area contributed by atoms with Crippen molar-refractivity contribution in [1.82, 2.24) is 15.2 Å². The molecule has 2 N–H and O–H groups in total. The van der Waals surface area contributed by atoms with Crippen LogP contribution in [0.2, 0.25) is 5.02 Å². The topological polar surface area (TPSA) is 73.9 Å². The number of aromatic nitrogens is 3. The molecule has 0 radical (unpaired) electrons. The van der Waals surface area contributed by atoms with Gasteiger partial charge in [0.15, 0.2) is 0 Å². The fraction of sp³-hybridized carbons (Fsp3) is 0.250. The number of nitrogens with zero attached hydrogens (tertiary/aromatic N) is 3. The van der Waals surface area contributed by atoms with Crippen molar-refractivity contribution in [2.75, 3.05) is 0 Å². The van der Waals surface area contributed by atoms with E-state index in [-0.39, 0.29) is 0 Å². The lowest BCUT2D eigenvalue weighted by molar-refractivity contribution is 0.444. The van der Waals surface area contributed by atoms with Crippen molar-refractivity contribution in [3.8, 4) is 11.6 Å². The fourth-order valence-electron chi connectivity index (χ4n) is 1.52. The number of ether oxygens (including phenoxy) is 1. The molecule has 2 heterocycles. The highest BCUT2D eigenvalue weighted by molar-refractivity contribution is 6.30. The van der Waals surface area contributed by atoms with Crippen LogP contribution in [0.15, 0.2) is 18.5 Å².